The first-order chi connectivity index (χ1) is 10.3. The molecule has 0 radical (unpaired) electrons. The van der Waals surface area contributed by atoms with Gasteiger partial charge in [-0.25, -0.2) is 0 Å². The van der Waals surface area contributed by atoms with Crippen molar-refractivity contribution >= 4 is 36.4 Å². The Bertz CT molecular complexity index is 569. The van der Waals surface area contributed by atoms with Crippen LogP contribution in [0.2, 0.25) is 5.02 Å². The lowest BCUT2D eigenvalue weighted by atomic mass is 10.2. The minimum Gasteiger partial charge on any atom is -0.457 e. The van der Waals surface area contributed by atoms with Gasteiger partial charge in [-0.3, -0.25) is 4.90 Å². The second kappa shape index (κ2) is 10.0. The molecule has 1 aliphatic rings. The molecule has 1 fully saturated rings. The van der Waals surface area contributed by atoms with Crippen molar-refractivity contribution in [3.63, 3.8) is 0 Å². The quantitative estimate of drug-likeness (QED) is 0.858. The topological polar surface area (TPSA) is 24.5 Å². The zero-order valence-corrected chi connectivity index (χ0v) is 15.1. The molecule has 126 valence electrons. The van der Waals surface area contributed by atoms with Gasteiger partial charge in [0.05, 0.1) is 0 Å². The van der Waals surface area contributed by atoms with E-state index >= 15 is 0 Å². The van der Waals surface area contributed by atoms with Crippen LogP contribution in [0.5, 0.6) is 11.5 Å². The van der Waals surface area contributed by atoms with Crippen LogP contribution in [-0.2, 0) is 6.54 Å². The smallest absolute Gasteiger partial charge is 0.127 e. The van der Waals surface area contributed by atoms with Gasteiger partial charge < -0.3 is 10.1 Å². The van der Waals surface area contributed by atoms with Gasteiger partial charge in [-0.2, -0.15) is 0 Å². The highest BCUT2D eigenvalue weighted by molar-refractivity contribution is 6.30. The van der Waals surface area contributed by atoms with Crippen molar-refractivity contribution in [2.75, 3.05) is 26.2 Å². The molecule has 1 aliphatic heterocycles. The number of nitrogens with zero attached hydrogens (tertiary/aromatic N) is 1. The Kier molecular flexibility index (Phi) is 8.74. The summed E-state index contributed by atoms with van der Waals surface area (Å²) in [7, 11) is 0. The van der Waals surface area contributed by atoms with E-state index in [1.54, 1.807) is 0 Å². The molecule has 1 heterocycles. The Labute approximate surface area is 154 Å². The number of ether oxygens (including phenoxy) is 1. The molecule has 3 rings (SSSR count). The van der Waals surface area contributed by atoms with Crippen LogP contribution in [0.1, 0.15) is 5.56 Å². The maximum absolute atomic E-state index is 5.86. The van der Waals surface area contributed by atoms with Gasteiger partial charge >= 0.3 is 0 Å². The summed E-state index contributed by atoms with van der Waals surface area (Å²) < 4.78 is 5.80. The van der Waals surface area contributed by atoms with Gasteiger partial charge in [0.1, 0.15) is 11.5 Å². The standard InChI is InChI=1S/C17H19ClN2O.2ClH/c18-15-3-7-17(8-4-15)21-16-5-1-14(2-6-16)13-20-11-9-19-10-12-20;;/h1-8,19H,9-13H2;2*1H. The van der Waals surface area contributed by atoms with E-state index in [1.165, 1.54) is 5.56 Å². The summed E-state index contributed by atoms with van der Waals surface area (Å²) in [4.78, 5) is 2.46. The number of rotatable bonds is 4. The molecular formula is C17H21Cl3N2O. The molecule has 0 saturated carbocycles. The third kappa shape index (κ3) is 6.21. The number of benzene rings is 2. The number of hydrogen-bond donors (Lipinski definition) is 1. The molecule has 6 heteroatoms. The third-order valence-corrected chi connectivity index (χ3v) is 3.84. The third-order valence-electron chi connectivity index (χ3n) is 3.59. The molecule has 2 aromatic rings. The van der Waals surface area contributed by atoms with Crippen LogP contribution < -0.4 is 10.1 Å². The summed E-state index contributed by atoms with van der Waals surface area (Å²) in [5.74, 6) is 1.65. The number of nitrogens with one attached hydrogen (secondary N) is 1. The van der Waals surface area contributed by atoms with Crippen LogP contribution in [0.25, 0.3) is 0 Å². The predicted molar refractivity (Wildman–Crippen MR) is 101 cm³/mol. The molecule has 0 spiro atoms. The van der Waals surface area contributed by atoms with Crippen molar-refractivity contribution in [3.8, 4) is 11.5 Å². The molecule has 1 N–H and O–H groups in total. The minimum atomic E-state index is 0. The van der Waals surface area contributed by atoms with E-state index < -0.39 is 0 Å². The number of halogens is 3. The molecule has 23 heavy (non-hydrogen) atoms. The molecular weight excluding hydrogens is 355 g/mol. The summed E-state index contributed by atoms with van der Waals surface area (Å²) in [6.07, 6.45) is 0. The molecule has 0 unspecified atom stereocenters. The first-order valence-electron chi connectivity index (χ1n) is 7.25. The van der Waals surface area contributed by atoms with E-state index in [2.05, 4.69) is 22.3 Å². The maximum atomic E-state index is 5.86. The summed E-state index contributed by atoms with van der Waals surface area (Å²) in [5, 5.41) is 4.09. The van der Waals surface area contributed by atoms with Gasteiger partial charge in [-0.15, -0.1) is 24.8 Å². The van der Waals surface area contributed by atoms with Crippen LogP contribution in [0.15, 0.2) is 48.5 Å². The Morgan fingerprint density at radius 3 is 1.96 bits per heavy atom. The Morgan fingerprint density at radius 1 is 0.870 bits per heavy atom. The predicted octanol–water partition coefficient (Wildman–Crippen LogP) is 4.38. The Morgan fingerprint density at radius 2 is 1.39 bits per heavy atom. The van der Waals surface area contributed by atoms with E-state index in [0.29, 0.717) is 5.02 Å². The molecule has 3 nitrogen and oxygen atoms in total. The first-order valence-corrected chi connectivity index (χ1v) is 7.63. The molecule has 0 atom stereocenters. The van der Waals surface area contributed by atoms with Crippen molar-refractivity contribution < 1.29 is 4.74 Å². The van der Waals surface area contributed by atoms with E-state index in [0.717, 1.165) is 44.2 Å². The highest BCUT2D eigenvalue weighted by Gasteiger charge is 2.09. The van der Waals surface area contributed by atoms with Crippen molar-refractivity contribution in [1.29, 1.82) is 0 Å². The molecule has 1 saturated heterocycles. The van der Waals surface area contributed by atoms with Crippen molar-refractivity contribution in [2.45, 2.75) is 6.54 Å². The fourth-order valence-electron chi connectivity index (χ4n) is 2.43. The molecule has 0 bridgehead atoms. The van der Waals surface area contributed by atoms with Crippen molar-refractivity contribution in [3.05, 3.63) is 59.1 Å². The zero-order valence-electron chi connectivity index (χ0n) is 12.7. The first kappa shape index (κ1) is 20.1. The maximum Gasteiger partial charge on any atom is 0.127 e. The molecule has 0 aliphatic carbocycles. The van der Waals surface area contributed by atoms with Crippen LogP contribution in [0.3, 0.4) is 0 Å². The summed E-state index contributed by atoms with van der Waals surface area (Å²) in [5.41, 5.74) is 1.32. The van der Waals surface area contributed by atoms with Gasteiger partial charge in [-0.1, -0.05) is 23.7 Å². The highest BCUT2D eigenvalue weighted by atomic mass is 35.5. The largest absolute Gasteiger partial charge is 0.457 e. The normalized spacial score (nSPS) is 14.5. The average molecular weight is 376 g/mol. The summed E-state index contributed by atoms with van der Waals surface area (Å²) >= 11 is 5.86. The second-order valence-electron chi connectivity index (χ2n) is 5.23. The highest BCUT2D eigenvalue weighted by Crippen LogP contribution is 2.23. The van der Waals surface area contributed by atoms with Crippen LogP contribution >= 0.6 is 36.4 Å². The minimum absolute atomic E-state index is 0. The van der Waals surface area contributed by atoms with E-state index in [1.807, 2.05) is 36.4 Å². The van der Waals surface area contributed by atoms with Gasteiger partial charge in [-0.05, 0) is 42.0 Å². The SMILES string of the molecule is Cl.Cl.Clc1ccc(Oc2ccc(CN3CCNCC3)cc2)cc1. The van der Waals surface area contributed by atoms with E-state index in [4.69, 9.17) is 16.3 Å². The molecule has 0 amide bonds. The lowest BCUT2D eigenvalue weighted by Gasteiger charge is -2.27. The van der Waals surface area contributed by atoms with Gasteiger partial charge in [0.15, 0.2) is 0 Å². The van der Waals surface area contributed by atoms with E-state index in [-0.39, 0.29) is 24.8 Å². The zero-order chi connectivity index (χ0) is 14.5. The number of piperazine rings is 1. The average Bonchev–Trinajstić information content (AvgIpc) is 2.53. The fraction of sp³-hybridized carbons (Fsp3) is 0.294. The molecule has 2 aromatic carbocycles. The van der Waals surface area contributed by atoms with Crippen molar-refractivity contribution in [1.82, 2.24) is 10.2 Å². The van der Waals surface area contributed by atoms with Crippen LogP contribution in [0, 0.1) is 0 Å². The lowest BCUT2D eigenvalue weighted by molar-refractivity contribution is 0.233. The fourth-order valence-corrected chi connectivity index (χ4v) is 2.56. The van der Waals surface area contributed by atoms with Crippen molar-refractivity contribution in [2.24, 2.45) is 0 Å². The van der Waals surface area contributed by atoms with Gasteiger partial charge in [0.2, 0.25) is 0 Å². The summed E-state index contributed by atoms with van der Waals surface area (Å²) in [6.45, 7) is 5.39. The van der Waals surface area contributed by atoms with E-state index in [9.17, 15) is 0 Å². The van der Waals surface area contributed by atoms with Gasteiger partial charge in [0, 0.05) is 37.7 Å². The lowest BCUT2D eigenvalue weighted by Crippen LogP contribution is -2.42. The monoisotopic (exact) mass is 374 g/mol. The van der Waals surface area contributed by atoms with Crippen LogP contribution in [-0.4, -0.2) is 31.1 Å². The Balaban J connectivity index is 0.00000132. The number of hydrogen-bond acceptors (Lipinski definition) is 3. The second-order valence-corrected chi connectivity index (χ2v) is 5.66. The molecule has 0 aromatic heterocycles. The van der Waals surface area contributed by atoms with Gasteiger partial charge in [0.25, 0.3) is 0 Å². The van der Waals surface area contributed by atoms with Crippen LogP contribution in [0.4, 0.5) is 0 Å². The Hall–Kier alpha value is -0.970. The summed E-state index contributed by atoms with van der Waals surface area (Å²) in [6, 6.07) is 15.7.